The largest absolute Gasteiger partial charge is 0.448 e. The fourth-order valence-corrected chi connectivity index (χ4v) is 3.23. The Balaban J connectivity index is 1.96. The number of esters is 1. The summed E-state index contributed by atoms with van der Waals surface area (Å²) in [5.74, 6) is -0.299. The number of H-pyrrole nitrogens is 1. The summed E-state index contributed by atoms with van der Waals surface area (Å²) in [6.45, 7) is 5.69. The van der Waals surface area contributed by atoms with Gasteiger partial charge in [0.15, 0.2) is 11.4 Å². The van der Waals surface area contributed by atoms with Crippen molar-refractivity contribution in [1.82, 2.24) is 15.4 Å². The first-order valence-electron chi connectivity index (χ1n) is 6.24. The van der Waals surface area contributed by atoms with Gasteiger partial charge < -0.3 is 10.1 Å². The van der Waals surface area contributed by atoms with Gasteiger partial charge in [0.1, 0.15) is 0 Å². The number of carbonyl (C=O) groups is 2. The average molecular weight is 264 g/mol. The molecular weight excluding hydrogens is 248 g/mol. The van der Waals surface area contributed by atoms with E-state index >= 15 is 0 Å². The molecule has 7 heteroatoms. The zero-order valence-electron chi connectivity index (χ0n) is 11.1. The van der Waals surface area contributed by atoms with Gasteiger partial charge in [-0.15, -0.1) is 5.10 Å². The first kappa shape index (κ1) is 12.1. The van der Waals surface area contributed by atoms with E-state index in [0.717, 1.165) is 0 Å². The third kappa shape index (κ3) is 1.22. The van der Waals surface area contributed by atoms with Crippen LogP contribution in [0.3, 0.4) is 0 Å². The molecule has 102 valence electrons. The van der Waals surface area contributed by atoms with E-state index in [1.807, 2.05) is 20.8 Å². The van der Waals surface area contributed by atoms with Gasteiger partial charge in [-0.1, -0.05) is 13.8 Å². The zero-order chi connectivity index (χ0) is 13.9. The van der Waals surface area contributed by atoms with Crippen LogP contribution in [-0.4, -0.2) is 32.9 Å². The van der Waals surface area contributed by atoms with Gasteiger partial charge in [-0.25, -0.2) is 0 Å². The van der Waals surface area contributed by atoms with Crippen LogP contribution in [0.4, 0.5) is 5.82 Å². The summed E-state index contributed by atoms with van der Waals surface area (Å²) in [5, 5.41) is 12.5. The maximum atomic E-state index is 12.5. The predicted molar refractivity (Wildman–Crippen MR) is 65.0 cm³/mol. The van der Waals surface area contributed by atoms with E-state index in [1.54, 1.807) is 0 Å². The molecule has 0 radical (unpaired) electrons. The zero-order valence-corrected chi connectivity index (χ0v) is 11.1. The lowest BCUT2D eigenvalue weighted by Crippen LogP contribution is -2.50. The summed E-state index contributed by atoms with van der Waals surface area (Å²) in [4.78, 5) is 24.6. The number of aromatic nitrogens is 3. The second-order valence-corrected chi connectivity index (χ2v) is 5.98. The summed E-state index contributed by atoms with van der Waals surface area (Å²) in [6.07, 6.45) is 2.60. The Kier molecular flexibility index (Phi) is 2.13. The average Bonchev–Trinajstić information content (AvgIpc) is 2.94. The number of aromatic amines is 1. The Morgan fingerprint density at radius 2 is 2.16 bits per heavy atom. The third-order valence-corrected chi connectivity index (χ3v) is 5.11. The first-order valence-corrected chi connectivity index (χ1v) is 6.24. The van der Waals surface area contributed by atoms with Gasteiger partial charge in [0.2, 0.25) is 0 Å². The fraction of sp³-hybridized carbons (Fsp3) is 0.667. The van der Waals surface area contributed by atoms with Crippen LogP contribution in [0.1, 0.15) is 33.6 Å². The number of nitrogens with one attached hydrogen (secondary N) is 2. The molecule has 1 aliphatic heterocycles. The number of hydrogen-bond acceptors (Lipinski definition) is 5. The van der Waals surface area contributed by atoms with E-state index in [4.69, 9.17) is 4.74 Å². The Labute approximate surface area is 110 Å². The highest BCUT2D eigenvalue weighted by Gasteiger charge is 2.75. The number of hydrogen-bond donors (Lipinski definition) is 2. The molecule has 2 aliphatic rings. The van der Waals surface area contributed by atoms with Gasteiger partial charge in [-0.2, -0.15) is 10.3 Å². The minimum absolute atomic E-state index is 0.293. The van der Waals surface area contributed by atoms with E-state index in [2.05, 4.69) is 20.7 Å². The summed E-state index contributed by atoms with van der Waals surface area (Å²) in [7, 11) is 0. The molecule has 0 spiro atoms. The number of carbonyl (C=O) groups excluding carboxylic acids is 2. The van der Waals surface area contributed by atoms with Crippen molar-refractivity contribution in [2.24, 2.45) is 10.8 Å². The van der Waals surface area contributed by atoms with Crippen LogP contribution in [0.5, 0.6) is 0 Å². The van der Waals surface area contributed by atoms with E-state index in [-0.39, 0.29) is 11.9 Å². The molecule has 1 aliphatic carbocycles. The van der Waals surface area contributed by atoms with Crippen LogP contribution < -0.4 is 5.32 Å². The van der Waals surface area contributed by atoms with Gasteiger partial charge in [0, 0.05) is 5.41 Å². The van der Waals surface area contributed by atoms with Gasteiger partial charge in [-0.3, -0.25) is 9.59 Å². The van der Waals surface area contributed by atoms with Crippen molar-refractivity contribution in [3.05, 3.63) is 6.20 Å². The Bertz CT molecular complexity index is 553. The fourth-order valence-electron chi connectivity index (χ4n) is 3.23. The molecule has 0 aromatic carbocycles. The highest BCUT2D eigenvalue weighted by atomic mass is 16.6. The van der Waals surface area contributed by atoms with Crippen molar-refractivity contribution < 1.29 is 14.3 Å². The maximum absolute atomic E-state index is 12.5. The van der Waals surface area contributed by atoms with Crippen molar-refractivity contribution in [2.45, 2.75) is 39.2 Å². The molecule has 2 atom stereocenters. The lowest BCUT2D eigenvalue weighted by Gasteiger charge is -2.35. The van der Waals surface area contributed by atoms with E-state index in [9.17, 15) is 9.59 Å². The molecule has 7 nitrogen and oxygen atoms in total. The van der Waals surface area contributed by atoms with Crippen molar-refractivity contribution >= 4 is 17.7 Å². The molecule has 2 bridgehead atoms. The molecular formula is C12H16N4O3. The topological polar surface area (TPSA) is 97.0 Å². The Hall–Kier alpha value is -1.92. The number of fused-ring (bicyclic) bond motifs is 2. The van der Waals surface area contributed by atoms with E-state index in [0.29, 0.717) is 18.7 Å². The molecule has 2 heterocycles. The van der Waals surface area contributed by atoms with Crippen LogP contribution in [0.25, 0.3) is 0 Å². The summed E-state index contributed by atoms with van der Waals surface area (Å²) in [6, 6.07) is 0. The molecule has 1 saturated heterocycles. The maximum Gasteiger partial charge on any atom is 0.313 e. The monoisotopic (exact) mass is 264 g/mol. The first-order chi connectivity index (χ1) is 8.83. The molecule has 0 unspecified atom stereocenters. The molecule has 3 rings (SSSR count). The number of rotatable bonds is 2. The summed E-state index contributed by atoms with van der Waals surface area (Å²) in [5.41, 5.74) is -2.27. The van der Waals surface area contributed by atoms with Gasteiger partial charge in [0.25, 0.3) is 5.91 Å². The van der Waals surface area contributed by atoms with Crippen molar-refractivity contribution in [2.75, 3.05) is 5.32 Å². The number of ether oxygens (including phenoxy) is 1. The molecule has 2 N–H and O–H groups in total. The molecule has 1 amide bonds. The second kappa shape index (κ2) is 3.34. The van der Waals surface area contributed by atoms with Crippen LogP contribution in [0.2, 0.25) is 0 Å². The van der Waals surface area contributed by atoms with Crippen LogP contribution >= 0.6 is 0 Å². The van der Waals surface area contributed by atoms with Gasteiger partial charge >= 0.3 is 5.97 Å². The lowest BCUT2D eigenvalue weighted by molar-refractivity contribution is -0.165. The van der Waals surface area contributed by atoms with Crippen LogP contribution in [-0.2, 0) is 14.3 Å². The number of anilines is 1. The summed E-state index contributed by atoms with van der Waals surface area (Å²) >= 11 is 0. The SMILES string of the molecule is CC1(C)[C@@]2(C)CC[C@]1(C(=O)Nc1cn[nH]n1)OC2=O. The van der Waals surface area contributed by atoms with E-state index < -0.39 is 16.4 Å². The molecule has 2 fully saturated rings. The normalized spacial score (nSPS) is 35.2. The summed E-state index contributed by atoms with van der Waals surface area (Å²) < 4.78 is 5.47. The quantitative estimate of drug-likeness (QED) is 0.772. The minimum Gasteiger partial charge on any atom is -0.448 e. The molecule has 1 saturated carbocycles. The van der Waals surface area contributed by atoms with Gasteiger partial charge in [-0.05, 0) is 19.8 Å². The van der Waals surface area contributed by atoms with Gasteiger partial charge in [0.05, 0.1) is 11.6 Å². The lowest BCUT2D eigenvalue weighted by atomic mass is 9.66. The highest BCUT2D eigenvalue weighted by molar-refractivity contribution is 6.02. The smallest absolute Gasteiger partial charge is 0.313 e. The molecule has 19 heavy (non-hydrogen) atoms. The van der Waals surface area contributed by atoms with Crippen LogP contribution in [0.15, 0.2) is 6.20 Å². The number of nitrogens with zero attached hydrogens (tertiary/aromatic N) is 2. The predicted octanol–water partition coefficient (Wildman–Crippen LogP) is 0.865. The minimum atomic E-state index is -1.11. The Morgan fingerprint density at radius 3 is 2.63 bits per heavy atom. The molecule has 1 aromatic rings. The standard InChI is InChI=1S/C12H16N4O3/c1-10(2)11(3)4-5-12(10,19-9(11)18)8(17)14-7-6-13-16-15-7/h6H,4-5H2,1-3H3,(H2,13,14,15,16,17)/t11-,12+/m0/s1. The van der Waals surface area contributed by atoms with Crippen molar-refractivity contribution in [3.8, 4) is 0 Å². The number of amides is 1. The van der Waals surface area contributed by atoms with Crippen molar-refractivity contribution in [3.63, 3.8) is 0 Å². The van der Waals surface area contributed by atoms with Crippen LogP contribution in [0, 0.1) is 10.8 Å². The third-order valence-electron chi connectivity index (χ3n) is 5.11. The highest BCUT2D eigenvalue weighted by Crippen LogP contribution is 2.65. The second-order valence-electron chi connectivity index (χ2n) is 5.98. The van der Waals surface area contributed by atoms with E-state index in [1.165, 1.54) is 6.20 Å². The molecule has 1 aromatic heterocycles. The Morgan fingerprint density at radius 1 is 1.42 bits per heavy atom. The van der Waals surface area contributed by atoms with Crippen molar-refractivity contribution in [1.29, 1.82) is 0 Å².